The number of nitrogens with one attached hydrogen (secondary N) is 1. The first kappa shape index (κ1) is 9.49. The van der Waals surface area contributed by atoms with E-state index in [1.165, 1.54) is 0 Å². The van der Waals surface area contributed by atoms with Crippen molar-refractivity contribution in [2.75, 3.05) is 6.54 Å². The lowest BCUT2D eigenvalue weighted by Gasteiger charge is -2.15. The van der Waals surface area contributed by atoms with Crippen molar-refractivity contribution in [2.45, 2.75) is 4.33 Å². The van der Waals surface area contributed by atoms with Gasteiger partial charge in [-0.3, -0.25) is 0 Å². The van der Waals surface area contributed by atoms with Gasteiger partial charge in [-0.05, 0) is 5.56 Å². The SMILES string of the molecule is N=NCC(Cl)(Cl)c1ccccc1. The van der Waals surface area contributed by atoms with Crippen LogP contribution in [0, 0.1) is 5.53 Å². The summed E-state index contributed by atoms with van der Waals surface area (Å²) in [6.45, 7) is 0.0835. The topological polar surface area (TPSA) is 36.2 Å². The van der Waals surface area contributed by atoms with Crippen LogP contribution in [0.3, 0.4) is 0 Å². The van der Waals surface area contributed by atoms with Gasteiger partial charge in [-0.2, -0.15) is 5.11 Å². The largest absolute Gasteiger partial charge is 0.210 e. The summed E-state index contributed by atoms with van der Waals surface area (Å²) in [4.78, 5) is 0. The maximum absolute atomic E-state index is 6.66. The molecule has 1 N–H and O–H groups in total. The van der Waals surface area contributed by atoms with Gasteiger partial charge in [-0.15, -0.1) is 0 Å². The molecular formula is C8H8Cl2N2. The standard InChI is InChI=1S/C8H8Cl2N2/c9-8(10,6-12-11)7-4-2-1-3-5-7/h1-5,11H,6H2. The highest BCUT2D eigenvalue weighted by molar-refractivity contribution is 6.48. The van der Waals surface area contributed by atoms with Crippen LogP contribution in [0.2, 0.25) is 0 Å². The molecule has 1 aromatic carbocycles. The average Bonchev–Trinajstić information content (AvgIpc) is 2.06. The van der Waals surface area contributed by atoms with E-state index in [9.17, 15) is 0 Å². The molecule has 0 aromatic heterocycles. The maximum atomic E-state index is 6.66. The second kappa shape index (κ2) is 3.87. The van der Waals surface area contributed by atoms with Gasteiger partial charge >= 0.3 is 0 Å². The maximum Gasteiger partial charge on any atom is 0.164 e. The predicted octanol–water partition coefficient (Wildman–Crippen LogP) is 3.35. The number of rotatable bonds is 3. The van der Waals surface area contributed by atoms with Crippen molar-refractivity contribution >= 4 is 23.2 Å². The molecule has 0 fully saturated rings. The molecule has 0 heterocycles. The second-order valence-corrected chi connectivity index (χ2v) is 3.87. The van der Waals surface area contributed by atoms with Crippen LogP contribution in [-0.4, -0.2) is 6.54 Å². The van der Waals surface area contributed by atoms with E-state index >= 15 is 0 Å². The van der Waals surface area contributed by atoms with Gasteiger partial charge < -0.3 is 0 Å². The lowest BCUT2D eigenvalue weighted by atomic mass is 10.1. The first-order chi connectivity index (χ1) is 5.67. The van der Waals surface area contributed by atoms with E-state index < -0.39 is 4.33 Å². The van der Waals surface area contributed by atoms with Crippen LogP contribution in [0.1, 0.15) is 5.56 Å². The van der Waals surface area contributed by atoms with Crippen LogP contribution in [0.4, 0.5) is 0 Å². The van der Waals surface area contributed by atoms with Crippen molar-refractivity contribution in [3.8, 4) is 0 Å². The fraction of sp³-hybridized carbons (Fsp3) is 0.250. The molecule has 0 aliphatic heterocycles. The Kier molecular flexibility index (Phi) is 3.06. The molecule has 2 nitrogen and oxygen atoms in total. The summed E-state index contributed by atoms with van der Waals surface area (Å²) >= 11 is 11.8. The van der Waals surface area contributed by atoms with Gasteiger partial charge in [-0.25, -0.2) is 5.53 Å². The molecule has 0 amide bonds. The summed E-state index contributed by atoms with van der Waals surface area (Å²) in [5.74, 6) is 0. The summed E-state index contributed by atoms with van der Waals surface area (Å²) in [5.41, 5.74) is 7.43. The minimum atomic E-state index is -1.07. The Labute approximate surface area is 81.0 Å². The number of halogens is 2. The summed E-state index contributed by atoms with van der Waals surface area (Å²) in [5, 5.41) is 3.17. The van der Waals surface area contributed by atoms with Crippen LogP contribution in [0.5, 0.6) is 0 Å². The zero-order valence-corrected chi connectivity index (χ0v) is 7.81. The molecule has 0 atom stereocenters. The van der Waals surface area contributed by atoms with Crippen molar-refractivity contribution in [3.63, 3.8) is 0 Å². The Morgan fingerprint density at radius 1 is 1.25 bits per heavy atom. The normalized spacial score (nSPS) is 11.2. The van der Waals surface area contributed by atoms with Crippen LogP contribution in [-0.2, 0) is 4.33 Å². The van der Waals surface area contributed by atoms with Crippen molar-refractivity contribution < 1.29 is 0 Å². The van der Waals surface area contributed by atoms with Crippen molar-refractivity contribution in [1.82, 2.24) is 0 Å². The van der Waals surface area contributed by atoms with Crippen molar-refractivity contribution in [3.05, 3.63) is 35.9 Å². The van der Waals surface area contributed by atoms with E-state index in [-0.39, 0.29) is 6.54 Å². The monoisotopic (exact) mass is 202 g/mol. The van der Waals surface area contributed by atoms with E-state index in [0.29, 0.717) is 0 Å². The molecule has 1 aromatic rings. The van der Waals surface area contributed by atoms with Crippen LogP contribution in [0.25, 0.3) is 0 Å². The molecule has 0 aliphatic rings. The molecule has 0 unspecified atom stereocenters. The summed E-state index contributed by atoms with van der Waals surface area (Å²) in [6.07, 6.45) is 0. The highest BCUT2D eigenvalue weighted by Gasteiger charge is 2.25. The highest BCUT2D eigenvalue weighted by atomic mass is 35.5. The number of hydrogen-bond donors (Lipinski definition) is 1. The number of alkyl halides is 2. The molecule has 0 saturated heterocycles. The number of nitrogens with zero attached hydrogens (tertiary/aromatic N) is 1. The minimum absolute atomic E-state index is 0.0835. The van der Waals surface area contributed by atoms with E-state index in [4.69, 9.17) is 28.7 Å². The van der Waals surface area contributed by atoms with E-state index in [1.54, 1.807) is 0 Å². The number of hydrogen-bond acceptors (Lipinski definition) is 2. The molecule has 0 aliphatic carbocycles. The molecule has 64 valence electrons. The first-order valence-electron chi connectivity index (χ1n) is 3.43. The van der Waals surface area contributed by atoms with Gasteiger partial charge in [0.05, 0.1) is 6.54 Å². The van der Waals surface area contributed by atoms with Gasteiger partial charge in [0.15, 0.2) is 4.33 Å². The first-order valence-corrected chi connectivity index (χ1v) is 4.19. The lowest BCUT2D eigenvalue weighted by Crippen LogP contribution is -2.13. The fourth-order valence-corrected chi connectivity index (χ4v) is 1.24. The van der Waals surface area contributed by atoms with E-state index in [2.05, 4.69) is 5.11 Å². The Hall–Kier alpha value is -0.600. The lowest BCUT2D eigenvalue weighted by molar-refractivity contribution is 0.787. The molecule has 1 rings (SSSR count). The average molecular weight is 203 g/mol. The van der Waals surface area contributed by atoms with Crippen LogP contribution in [0.15, 0.2) is 35.4 Å². The summed E-state index contributed by atoms with van der Waals surface area (Å²) in [6, 6.07) is 9.19. The Balaban J connectivity index is 2.89. The van der Waals surface area contributed by atoms with Gasteiger partial charge in [0.2, 0.25) is 0 Å². The van der Waals surface area contributed by atoms with E-state index in [1.807, 2.05) is 30.3 Å². The zero-order valence-electron chi connectivity index (χ0n) is 6.30. The van der Waals surface area contributed by atoms with Crippen molar-refractivity contribution in [1.29, 1.82) is 5.53 Å². The van der Waals surface area contributed by atoms with Gasteiger partial charge in [-0.1, -0.05) is 53.5 Å². The Bertz CT molecular complexity index is 259. The second-order valence-electron chi connectivity index (χ2n) is 2.39. The third-order valence-corrected chi connectivity index (χ3v) is 2.15. The summed E-state index contributed by atoms with van der Waals surface area (Å²) in [7, 11) is 0. The molecule has 12 heavy (non-hydrogen) atoms. The predicted molar refractivity (Wildman–Crippen MR) is 49.8 cm³/mol. The fourth-order valence-electron chi connectivity index (χ4n) is 0.873. The molecule has 0 saturated carbocycles. The van der Waals surface area contributed by atoms with Gasteiger partial charge in [0.25, 0.3) is 0 Å². The van der Waals surface area contributed by atoms with Crippen LogP contribution >= 0.6 is 23.2 Å². The molecule has 0 radical (unpaired) electrons. The Morgan fingerprint density at radius 3 is 2.33 bits per heavy atom. The van der Waals surface area contributed by atoms with Gasteiger partial charge in [0.1, 0.15) is 0 Å². The number of benzene rings is 1. The minimum Gasteiger partial charge on any atom is -0.210 e. The van der Waals surface area contributed by atoms with E-state index in [0.717, 1.165) is 5.56 Å². The zero-order chi connectivity index (χ0) is 9.03. The third-order valence-electron chi connectivity index (χ3n) is 1.47. The van der Waals surface area contributed by atoms with Crippen molar-refractivity contribution in [2.24, 2.45) is 5.11 Å². The molecular weight excluding hydrogens is 195 g/mol. The summed E-state index contributed by atoms with van der Waals surface area (Å²) < 4.78 is -1.07. The molecule has 0 spiro atoms. The Morgan fingerprint density at radius 2 is 1.83 bits per heavy atom. The quantitative estimate of drug-likeness (QED) is 0.577. The highest BCUT2D eigenvalue weighted by Crippen LogP contribution is 2.33. The smallest absolute Gasteiger partial charge is 0.164 e. The van der Waals surface area contributed by atoms with Crippen LogP contribution < -0.4 is 0 Å². The molecule has 0 bridgehead atoms. The van der Waals surface area contributed by atoms with Gasteiger partial charge in [0, 0.05) is 0 Å². The molecule has 4 heteroatoms. The third kappa shape index (κ3) is 2.19.